The Morgan fingerprint density at radius 1 is 1.27 bits per heavy atom. The van der Waals surface area contributed by atoms with E-state index < -0.39 is 0 Å². The molecule has 1 aromatic rings. The average molecular weight is 273 g/mol. The van der Waals surface area contributed by atoms with Crippen LogP contribution in [0.25, 0.3) is 0 Å². The monoisotopic (exact) mass is 272 g/mol. The van der Waals surface area contributed by atoms with Gasteiger partial charge in [-0.05, 0) is 29.5 Å². The van der Waals surface area contributed by atoms with Crippen LogP contribution in [0.15, 0.2) is 24.3 Å². The maximum atomic E-state index is 13.1. The van der Waals surface area contributed by atoms with Crippen molar-refractivity contribution in [3.63, 3.8) is 0 Å². The third kappa shape index (κ3) is 3.30. The molecule has 0 spiro atoms. The highest BCUT2D eigenvalue weighted by Gasteiger charge is 2.19. The second-order valence-electron chi connectivity index (χ2n) is 3.89. The lowest BCUT2D eigenvalue weighted by atomic mass is 9.84. The second-order valence-corrected chi connectivity index (χ2v) is 4.54. The van der Waals surface area contributed by atoms with Crippen LogP contribution in [0.3, 0.4) is 0 Å². The Morgan fingerprint density at radius 2 is 1.93 bits per heavy atom. The van der Waals surface area contributed by atoms with Crippen molar-refractivity contribution in [3.05, 3.63) is 35.6 Å². The quantitative estimate of drug-likeness (QED) is 0.680. The third-order valence-corrected chi connectivity index (χ3v) is 3.76. The number of hydrogen-bond donors (Lipinski definition) is 0. The summed E-state index contributed by atoms with van der Waals surface area (Å²) in [6.07, 6.45) is 2.28. The van der Waals surface area contributed by atoms with Crippen molar-refractivity contribution in [2.75, 3.05) is 5.33 Å². The van der Waals surface area contributed by atoms with Gasteiger partial charge in [-0.2, -0.15) is 0 Å². The fourth-order valence-corrected chi connectivity index (χ4v) is 2.98. The van der Waals surface area contributed by atoms with Gasteiger partial charge >= 0.3 is 0 Å². The molecule has 1 unspecified atom stereocenters. The maximum absolute atomic E-state index is 13.1. The Labute approximate surface area is 100 Å². The molecule has 0 fully saturated rings. The largest absolute Gasteiger partial charge is 0.207 e. The molecule has 15 heavy (non-hydrogen) atoms. The van der Waals surface area contributed by atoms with E-state index in [1.807, 2.05) is 6.07 Å². The van der Waals surface area contributed by atoms with E-state index in [-0.39, 0.29) is 5.82 Å². The summed E-state index contributed by atoms with van der Waals surface area (Å²) in [6.45, 7) is 4.40. The third-order valence-electron chi connectivity index (χ3n) is 3.06. The minimum Gasteiger partial charge on any atom is -0.207 e. The van der Waals surface area contributed by atoms with Crippen LogP contribution in [0, 0.1) is 11.7 Å². The molecule has 0 amide bonds. The summed E-state index contributed by atoms with van der Waals surface area (Å²) in [5.41, 5.74) is 1.11. The molecule has 1 rings (SSSR count). The normalized spacial score (nSPS) is 13.1. The predicted molar refractivity (Wildman–Crippen MR) is 67.0 cm³/mol. The Hall–Kier alpha value is -0.370. The lowest BCUT2D eigenvalue weighted by Gasteiger charge is -2.23. The molecule has 0 bridgehead atoms. The molecular weight excluding hydrogens is 255 g/mol. The van der Waals surface area contributed by atoms with Gasteiger partial charge in [0.05, 0.1) is 0 Å². The Bertz CT molecular complexity index is 294. The van der Waals surface area contributed by atoms with E-state index >= 15 is 0 Å². The fraction of sp³-hybridized carbons (Fsp3) is 0.538. The molecule has 0 heterocycles. The van der Waals surface area contributed by atoms with Gasteiger partial charge < -0.3 is 0 Å². The maximum Gasteiger partial charge on any atom is 0.123 e. The minimum absolute atomic E-state index is 0.135. The Balaban J connectivity index is 2.90. The van der Waals surface area contributed by atoms with Gasteiger partial charge in [0.1, 0.15) is 5.82 Å². The van der Waals surface area contributed by atoms with Crippen LogP contribution >= 0.6 is 15.9 Å². The first-order valence-corrected chi connectivity index (χ1v) is 6.66. The molecule has 0 radical (unpaired) electrons. The first-order valence-electron chi connectivity index (χ1n) is 5.54. The number of benzene rings is 1. The average Bonchev–Trinajstić information content (AvgIpc) is 2.25. The van der Waals surface area contributed by atoms with E-state index in [1.54, 1.807) is 12.1 Å². The zero-order valence-corrected chi connectivity index (χ0v) is 10.9. The molecular formula is C13H18BrF. The summed E-state index contributed by atoms with van der Waals surface area (Å²) in [4.78, 5) is 0. The van der Waals surface area contributed by atoms with Crippen LogP contribution in [0.4, 0.5) is 4.39 Å². The SMILES string of the molecule is CCC(CC)C(CBr)c1cccc(F)c1. The summed E-state index contributed by atoms with van der Waals surface area (Å²) in [7, 11) is 0. The summed E-state index contributed by atoms with van der Waals surface area (Å²) < 4.78 is 13.1. The highest BCUT2D eigenvalue weighted by atomic mass is 79.9. The van der Waals surface area contributed by atoms with E-state index in [1.165, 1.54) is 6.07 Å². The molecule has 0 aliphatic heterocycles. The van der Waals surface area contributed by atoms with Gasteiger partial charge in [0.25, 0.3) is 0 Å². The first-order chi connectivity index (χ1) is 7.22. The van der Waals surface area contributed by atoms with Crippen LogP contribution in [0.1, 0.15) is 38.2 Å². The van der Waals surface area contributed by atoms with Crippen molar-refractivity contribution in [1.82, 2.24) is 0 Å². The zero-order chi connectivity index (χ0) is 11.3. The molecule has 84 valence electrons. The van der Waals surface area contributed by atoms with E-state index in [4.69, 9.17) is 0 Å². The summed E-state index contributed by atoms with van der Waals surface area (Å²) in [6, 6.07) is 6.97. The van der Waals surface area contributed by atoms with Crippen molar-refractivity contribution in [1.29, 1.82) is 0 Å². The van der Waals surface area contributed by atoms with Gasteiger partial charge in [-0.3, -0.25) is 0 Å². The molecule has 2 heteroatoms. The Kier molecular flexibility index (Phi) is 5.30. The van der Waals surface area contributed by atoms with Crippen LogP contribution in [-0.2, 0) is 0 Å². The number of halogens is 2. The van der Waals surface area contributed by atoms with E-state index in [0.29, 0.717) is 11.8 Å². The van der Waals surface area contributed by atoms with E-state index in [0.717, 1.165) is 23.7 Å². The highest BCUT2D eigenvalue weighted by Crippen LogP contribution is 2.31. The van der Waals surface area contributed by atoms with E-state index in [9.17, 15) is 4.39 Å². The molecule has 0 saturated heterocycles. The standard InChI is InChI=1S/C13H18BrF/c1-3-10(4-2)13(9-14)11-6-5-7-12(15)8-11/h5-8,10,13H,3-4,9H2,1-2H3. The van der Waals surface area contributed by atoms with E-state index in [2.05, 4.69) is 29.8 Å². The van der Waals surface area contributed by atoms with Crippen LogP contribution in [0.5, 0.6) is 0 Å². The minimum atomic E-state index is -0.135. The lowest BCUT2D eigenvalue weighted by Crippen LogP contribution is -2.13. The molecule has 0 aliphatic carbocycles. The van der Waals surface area contributed by atoms with Gasteiger partial charge in [0.2, 0.25) is 0 Å². The molecule has 0 aromatic heterocycles. The number of alkyl halides is 1. The smallest absolute Gasteiger partial charge is 0.123 e. The van der Waals surface area contributed by atoms with Crippen LogP contribution in [-0.4, -0.2) is 5.33 Å². The van der Waals surface area contributed by atoms with Crippen LogP contribution in [0.2, 0.25) is 0 Å². The van der Waals surface area contributed by atoms with Gasteiger partial charge in [-0.15, -0.1) is 0 Å². The fourth-order valence-electron chi connectivity index (χ4n) is 2.08. The van der Waals surface area contributed by atoms with Gasteiger partial charge in [0, 0.05) is 5.33 Å². The van der Waals surface area contributed by atoms with Crippen molar-refractivity contribution >= 4 is 15.9 Å². The topological polar surface area (TPSA) is 0 Å². The first kappa shape index (κ1) is 12.7. The second kappa shape index (κ2) is 6.26. The van der Waals surface area contributed by atoms with Gasteiger partial charge in [-0.25, -0.2) is 4.39 Å². The van der Waals surface area contributed by atoms with Crippen molar-refractivity contribution < 1.29 is 4.39 Å². The molecule has 0 nitrogen and oxygen atoms in total. The molecule has 0 N–H and O–H groups in total. The summed E-state index contributed by atoms with van der Waals surface area (Å²) >= 11 is 3.54. The highest BCUT2D eigenvalue weighted by molar-refractivity contribution is 9.09. The lowest BCUT2D eigenvalue weighted by molar-refractivity contribution is 0.423. The number of rotatable bonds is 5. The molecule has 1 aromatic carbocycles. The van der Waals surface area contributed by atoms with Gasteiger partial charge in [-0.1, -0.05) is 54.8 Å². The Morgan fingerprint density at radius 3 is 2.40 bits per heavy atom. The summed E-state index contributed by atoms with van der Waals surface area (Å²) in [5.74, 6) is 0.922. The van der Waals surface area contributed by atoms with Crippen molar-refractivity contribution in [2.24, 2.45) is 5.92 Å². The summed E-state index contributed by atoms with van der Waals surface area (Å²) in [5, 5.41) is 0.906. The van der Waals surface area contributed by atoms with Gasteiger partial charge in [0.15, 0.2) is 0 Å². The molecule has 0 saturated carbocycles. The predicted octanol–water partition coefficient (Wildman–Crippen LogP) is 4.74. The van der Waals surface area contributed by atoms with Crippen molar-refractivity contribution in [2.45, 2.75) is 32.6 Å². The zero-order valence-electron chi connectivity index (χ0n) is 9.34. The van der Waals surface area contributed by atoms with Crippen molar-refractivity contribution in [3.8, 4) is 0 Å². The van der Waals surface area contributed by atoms with Crippen LogP contribution < -0.4 is 0 Å². The molecule has 1 atom stereocenters. The number of hydrogen-bond acceptors (Lipinski definition) is 0. The molecule has 0 aliphatic rings.